The lowest BCUT2D eigenvalue weighted by Crippen LogP contribution is -2.28. The van der Waals surface area contributed by atoms with Gasteiger partial charge in [0.25, 0.3) is 0 Å². The predicted molar refractivity (Wildman–Crippen MR) is 249 cm³/mol. The molecule has 0 aliphatic carbocycles. The van der Waals surface area contributed by atoms with Crippen LogP contribution < -0.4 is 5.32 Å². The van der Waals surface area contributed by atoms with E-state index in [1.54, 1.807) is 0 Å². The summed E-state index contributed by atoms with van der Waals surface area (Å²) in [4.78, 5) is 35.1. The number of unbranched alkanes of at least 4 members (excludes halogenated alkanes) is 17. The normalized spacial score (nSPS) is 12.9. The molecule has 6 heteroatoms. The third-order valence-electron chi connectivity index (χ3n) is 10.1. The first-order valence-corrected chi connectivity index (χ1v) is 23.7. The average molecular weight is 806 g/mol. The number of ether oxygens (including phenoxy) is 1. The number of allylic oxidation sites excluding steroid dienone is 14. The quantitative estimate of drug-likeness (QED) is 0.0364. The molecule has 0 fully saturated rings. The number of hydrogen-bond acceptors (Lipinski definition) is 4. The molecule has 1 amide bonds. The summed E-state index contributed by atoms with van der Waals surface area (Å²) in [5, 5.41) is 11.1. The van der Waals surface area contributed by atoms with Crippen molar-refractivity contribution < 1.29 is 24.2 Å². The van der Waals surface area contributed by atoms with Gasteiger partial charge in [-0.15, -0.1) is 0 Å². The second-order valence-corrected chi connectivity index (χ2v) is 15.6. The highest BCUT2D eigenvalue weighted by Gasteiger charge is 2.14. The van der Waals surface area contributed by atoms with Gasteiger partial charge in [0, 0.05) is 12.8 Å². The van der Waals surface area contributed by atoms with Crippen LogP contribution in [0.4, 0.5) is 0 Å². The molecular weight excluding hydrogens is 719 g/mol. The molecule has 0 spiro atoms. The third-order valence-corrected chi connectivity index (χ3v) is 10.1. The number of carbonyl (C=O) groups excluding carboxylic acids is 2. The number of amides is 1. The second-order valence-electron chi connectivity index (χ2n) is 15.6. The minimum Gasteiger partial charge on any atom is -0.480 e. The van der Waals surface area contributed by atoms with Gasteiger partial charge in [0.05, 0.1) is 0 Å². The van der Waals surface area contributed by atoms with Crippen LogP contribution in [0, 0.1) is 0 Å². The molecule has 0 aliphatic rings. The van der Waals surface area contributed by atoms with Gasteiger partial charge >= 0.3 is 11.9 Å². The number of hydrogen-bond donors (Lipinski definition) is 2. The van der Waals surface area contributed by atoms with Gasteiger partial charge in [-0.25, -0.2) is 0 Å². The van der Waals surface area contributed by atoms with Gasteiger partial charge in [-0.3, -0.25) is 14.4 Å². The number of nitrogens with one attached hydrogen (secondary N) is 1. The van der Waals surface area contributed by atoms with Crippen LogP contribution in [0.1, 0.15) is 213 Å². The zero-order valence-electron chi connectivity index (χ0n) is 37.4. The Morgan fingerprint density at radius 2 is 0.862 bits per heavy atom. The summed E-state index contributed by atoms with van der Waals surface area (Å²) < 4.78 is 6.02. The Morgan fingerprint density at radius 3 is 1.36 bits per heavy atom. The van der Waals surface area contributed by atoms with Crippen LogP contribution in [-0.2, 0) is 19.1 Å². The molecule has 0 bridgehead atoms. The van der Waals surface area contributed by atoms with Gasteiger partial charge in [0.1, 0.15) is 12.6 Å². The molecular formula is C52H87NO5. The van der Waals surface area contributed by atoms with Crippen molar-refractivity contribution in [3.63, 3.8) is 0 Å². The third kappa shape index (κ3) is 45.3. The molecule has 0 radical (unpaired) electrons. The first-order chi connectivity index (χ1) is 28.5. The molecule has 6 nitrogen and oxygen atoms in total. The van der Waals surface area contributed by atoms with Crippen LogP contribution in [0.2, 0.25) is 0 Å². The summed E-state index contributed by atoms with van der Waals surface area (Å²) in [6.07, 6.45) is 64.3. The number of carbonyl (C=O) groups is 3. The molecule has 0 heterocycles. The molecule has 330 valence electrons. The summed E-state index contributed by atoms with van der Waals surface area (Å²) in [6.45, 7) is 4.09. The molecule has 0 aliphatic heterocycles. The van der Waals surface area contributed by atoms with Crippen LogP contribution in [0.5, 0.6) is 0 Å². The SMILES string of the molecule is CC/C=C\C/C=C\C/C=C\C/C=C\C/C=C\CCCCCCCCCC(=O)OC(CCC/C=C\C/C=C\CCCCCCC)CCCCCCCC(=O)NCC(=O)O. The summed E-state index contributed by atoms with van der Waals surface area (Å²) in [7, 11) is 0. The van der Waals surface area contributed by atoms with Gasteiger partial charge < -0.3 is 15.2 Å². The smallest absolute Gasteiger partial charge is 0.322 e. The molecule has 0 saturated carbocycles. The Hall–Kier alpha value is -3.41. The van der Waals surface area contributed by atoms with E-state index in [1.165, 1.54) is 70.6 Å². The first-order valence-electron chi connectivity index (χ1n) is 23.7. The van der Waals surface area contributed by atoms with Crippen molar-refractivity contribution in [2.75, 3.05) is 6.54 Å². The van der Waals surface area contributed by atoms with Crippen LogP contribution in [0.3, 0.4) is 0 Å². The van der Waals surface area contributed by atoms with E-state index < -0.39 is 5.97 Å². The van der Waals surface area contributed by atoms with E-state index in [1.807, 2.05) is 0 Å². The van der Waals surface area contributed by atoms with Crippen molar-refractivity contribution in [2.24, 2.45) is 0 Å². The Kier molecular flexibility index (Phi) is 43.6. The largest absolute Gasteiger partial charge is 0.480 e. The fourth-order valence-corrected chi connectivity index (χ4v) is 6.58. The summed E-state index contributed by atoms with van der Waals surface area (Å²) in [6, 6.07) is 0. The van der Waals surface area contributed by atoms with Gasteiger partial charge in [0.15, 0.2) is 0 Å². The number of carboxylic acids is 1. The van der Waals surface area contributed by atoms with E-state index in [0.717, 1.165) is 116 Å². The molecule has 0 rings (SSSR count). The molecule has 0 aromatic rings. The highest BCUT2D eigenvalue weighted by atomic mass is 16.5. The minimum absolute atomic E-state index is 0.0294. The molecule has 0 aromatic carbocycles. The van der Waals surface area contributed by atoms with Crippen LogP contribution in [0.25, 0.3) is 0 Å². The molecule has 58 heavy (non-hydrogen) atoms. The Morgan fingerprint density at radius 1 is 0.466 bits per heavy atom. The Balaban J connectivity index is 4.20. The molecule has 0 saturated heterocycles. The number of carboxylic acid groups (broad SMARTS) is 1. The number of rotatable bonds is 42. The Bertz CT molecular complexity index is 1160. The second kappa shape index (κ2) is 46.3. The van der Waals surface area contributed by atoms with Crippen LogP contribution >= 0.6 is 0 Å². The Labute approximate surface area is 356 Å². The van der Waals surface area contributed by atoms with Gasteiger partial charge in [-0.05, 0) is 109 Å². The zero-order chi connectivity index (χ0) is 42.3. The maximum Gasteiger partial charge on any atom is 0.322 e. The predicted octanol–water partition coefficient (Wildman–Crippen LogP) is 15.1. The average Bonchev–Trinajstić information content (AvgIpc) is 3.21. The first kappa shape index (κ1) is 54.6. The summed E-state index contributed by atoms with van der Waals surface area (Å²) in [5.74, 6) is -1.28. The van der Waals surface area contributed by atoms with Crippen molar-refractivity contribution in [3.8, 4) is 0 Å². The molecule has 1 atom stereocenters. The zero-order valence-corrected chi connectivity index (χ0v) is 37.4. The van der Waals surface area contributed by atoms with E-state index in [9.17, 15) is 14.4 Å². The lowest BCUT2D eigenvalue weighted by molar-refractivity contribution is -0.150. The van der Waals surface area contributed by atoms with Crippen molar-refractivity contribution in [1.82, 2.24) is 5.32 Å². The fourth-order valence-electron chi connectivity index (χ4n) is 6.58. The highest BCUT2D eigenvalue weighted by Crippen LogP contribution is 2.18. The van der Waals surface area contributed by atoms with Crippen LogP contribution in [0.15, 0.2) is 85.1 Å². The fraction of sp³-hybridized carbons (Fsp3) is 0.673. The molecule has 2 N–H and O–H groups in total. The van der Waals surface area contributed by atoms with E-state index in [-0.39, 0.29) is 24.5 Å². The van der Waals surface area contributed by atoms with Gasteiger partial charge in [0.2, 0.25) is 5.91 Å². The summed E-state index contributed by atoms with van der Waals surface area (Å²) in [5.41, 5.74) is 0. The molecule has 1 unspecified atom stereocenters. The highest BCUT2D eigenvalue weighted by molar-refractivity contribution is 5.80. The number of aliphatic carboxylic acids is 1. The van der Waals surface area contributed by atoms with E-state index in [0.29, 0.717) is 12.8 Å². The van der Waals surface area contributed by atoms with Crippen LogP contribution in [-0.4, -0.2) is 35.6 Å². The van der Waals surface area contributed by atoms with Gasteiger partial charge in [-0.1, -0.05) is 176 Å². The molecule has 0 aromatic heterocycles. The number of esters is 1. The van der Waals surface area contributed by atoms with Crippen molar-refractivity contribution in [1.29, 1.82) is 0 Å². The monoisotopic (exact) mass is 806 g/mol. The van der Waals surface area contributed by atoms with Crippen molar-refractivity contribution >= 4 is 17.8 Å². The minimum atomic E-state index is -1.02. The lowest BCUT2D eigenvalue weighted by Gasteiger charge is -2.18. The van der Waals surface area contributed by atoms with E-state index in [2.05, 4.69) is 104 Å². The maximum atomic E-state index is 12.8. The van der Waals surface area contributed by atoms with Crippen molar-refractivity contribution in [2.45, 2.75) is 219 Å². The lowest BCUT2D eigenvalue weighted by atomic mass is 10.0. The topological polar surface area (TPSA) is 92.7 Å². The standard InChI is InChI=1S/C52H87NO5/c1-3-5-7-9-11-13-15-17-18-19-20-21-22-23-24-25-26-28-30-32-34-39-43-47-52(57)58-49(45-41-37-35-38-42-46-50(54)53-48-51(55)56)44-40-36-33-31-29-27-16-14-12-10-8-6-4-2/h5,7,11,13,16-18,20-21,23-24,27,31,33,49H,3-4,6,8-10,12,14-15,19,22,25-26,28-30,32,34-48H2,1-2H3,(H,53,54)(H,55,56)/b7-5-,13-11-,18-17-,21-20-,24-23-,27-16-,33-31-. The van der Waals surface area contributed by atoms with Crippen molar-refractivity contribution in [3.05, 3.63) is 85.1 Å². The van der Waals surface area contributed by atoms with E-state index in [4.69, 9.17) is 9.84 Å². The van der Waals surface area contributed by atoms with E-state index >= 15 is 0 Å². The maximum absolute atomic E-state index is 12.8. The summed E-state index contributed by atoms with van der Waals surface area (Å²) >= 11 is 0. The van der Waals surface area contributed by atoms with Gasteiger partial charge in [-0.2, -0.15) is 0 Å².